The Morgan fingerprint density at radius 2 is 2.00 bits per heavy atom. The van der Waals surface area contributed by atoms with Crippen molar-refractivity contribution in [3.63, 3.8) is 0 Å². The summed E-state index contributed by atoms with van der Waals surface area (Å²) in [5, 5.41) is 0. The number of aromatic nitrogens is 3. The van der Waals surface area contributed by atoms with Crippen LogP contribution in [0.2, 0.25) is 0 Å². The Morgan fingerprint density at radius 3 is 2.81 bits per heavy atom. The average Bonchev–Trinajstić information content (AvgIpc) is 3.35. The molecule has 0 aliphatic rings. The zero-order valence-electron chi connectivity index (χ0n) is 16.2. The molecule has 0 fully saturated rings. The number of ether oxygens (including phenoxy) is 1. The second-order valence-corrected chi connectivity index (χ2v) is 8.47. The lowest BCUT2D eigenvalue weighted by molar-refractivity contribution is 0.417. The van der Waals surface area contributed by atoms with Gasteiger partial charge in [0.2, 0.25) is 0 Å². The molecule has 0 spiro atoms. The zero-order chi connectivity index (χ0) is 21.6. The van der Waals surface area contributed by atoms with Gasteiger partial charge in [0.15, 0.2) is 5.58 Å². The van der Waals surface area contributed by atoms with Gasteiger partial charge in [-0.1, -0.05) is 6.07 Å². The standard InChI is InChI=1S/C21H16N4O5S/c1-29-18-7-5-13(17-12-25-9-3-2-4-20(25)22-17)10-16(18)24-31(27,28)14-6-8-19-15(11-14)23-21(26)30-19/h2-12,24H,1H3,(H,23,26). The number of benzene rings is 2. The van der Waals surface area contributed by atoms with Gasteiger partial charge in [-0.3, -0.25) is 9.71 Å². The fourth-order valence-corrected chi connectivity index (χ4v) is 4.41. The SMILES string of the molecule is COc1ccc(-c2cn3ccccc3n2)cc1NS(=O)(=O)c1ccc2oc(=O)[nH]c2c1. The smallest absolute Gasteiger partial charge is 0.417 e. The Labute approximate surface area is 176 Å². The molecule has 9 nitrogen and oxygen atoms in total. The van der Waals surface area contributed by atoms with E-state index in [-0.39, 0.29) is 16.2 Å². The lowest BCUT2D eigenvalue weighted by Gasteiger charge is -2.13. The van der Waals surface area contributed by atoms with Crippen LogP contribution in [0.4, 0.5) is 5.69 Å². The highest BCUT2D eigenvalue weighted by atomic mass is 32.2. The summed E-state index contributed by atoms with van der Waals surface area (Å²) in [5.41, 5.74) is 3.01. The molecular formula is C21H16N4O5S. The number of methoxy groups -OCH3 is 1. The number of anilines is 1. The molecule has 5 rings (SSSR count). The lowest BCUT2D eigenvalue weighted by atomic mass is 10.1. The maximum absolute atomic E-state index is 13.0. The van der Waals surface area contributed by atoms with E-state index < -0.39 is 15.8 Å². The Bertz CT molecular complexity index is 1560. The largest absolute Gasteiger partial charge is 0.495 e. The maximum Gasteiger partial charge on any atom is 0.417 e. The van der Waals surface area contributed by atoms with Gasteiger partial charge in [-0.15, -0.1) is 0 Å². The minimum Gasteiger partial charge on any atom is -0.495 e. The normalized spacial score (nSPS) is 11.8. The lowest BCUT2D eigenvalue weighted by Crippen LogP contribution is -2.13. The fraction of sp³-hybridized carbons (Fsp3) is 0.0476. The third kappa shape index (κ3) is 3.42. The van der Waals surface area contributed by atoms with Gasteiger partial charge in [0.05, 0.1) is 28.9 Å². The summed E-state index contributed by atoms with van der Waals surface area (Å²) in [6, 6.07) is 14.9. The number of sulfonamides is 1. The highest BCUT2D eigenvalue weighted by Gasteiger charge is 2.19. The minimum atomic E-state index is -3.97. The first-order chi connectivity index (χ1) is 14.9. The molecule has 0 amide bonds. The molecule has 0 atom stereocenters. The summed E-state index contributed by atoms with van der Waals surface area (Å²) >= 11 is 0. The maximum atomic E-state index is 13.0. The first-order valence-electron chi connectivity index (χ1n) is 9.21. The number of pyridine rings is 1. The van der Waals surface area contributed by atoms with Gasteiger partial charge in [-0.25, -0.2) is 18.2 Å². The Balaban J connectivity index is 1.54. The van der Waals surface area contributed by atoms with Gasteiger partial charge < -0.3 is 13.6 Å². The van der Waals surface area contributed by atoms with Crippen LogP contribution in [0.1, 0.15) is 0 Å². The minimum absolute atomic E-state index is 0.0303. The summed E-state index contributed by atoms with van der Waals surface area (Å²) in [5.74, 6) is -0.298. The van der Waals surface area contributed by atoms with Crippen LogP contribution >= 0.6 is 0 Å². The Kier molecular flexibility index (Phi) is 4.29. The topological polar surface area (TPSA) is 119 Å². The van der Waals surface area contributed by atoms with Crippen molar-refractivity contribution in [3.8, 4) is 17.0 Å². The molecule has 0 bridgehead atoms. The van der Waals surface area contributed by atoms with Crippen LogP contribution in [0.25, 0.3) is 28.0 Å². The molecule has 3 heterocycles. The van der Waals surface area contributed by atoms with Crippen LogP contribution in [0, 0.1) is 0 Å². The van der Waals surface area contributed by atoms with E-state index in [2.05, 4.69) is 14.7 Å². The fourth-order valence-electron chi connectivity index (χ4n) is 3.32. The molecule has 156 valence electrons. The molecule has 0 aliphatic carbocycles. The summed E-state index contributed by atoms with van der Waals surface area (Å²) in [6.45, 7) is 0. The molecule has 31 heavy (non-hydrogen) atoms. The molecule has 5 aromatic rings. The van der Waals surface area contributed by atoms with Gasteiger partial charge in [0, 0.05) is 18.0 Å². The van der Waals surface area contributed by atoms with E-state index >= 15 is 0 Å². The van der Waals surface area contributed by atoms with Crippen LogP contribution in [0.15, 0.2) is 81.1 Å². The van der Waals surface area contributed by atoms with Crippen molar-refractivity contribution in [1.29, 1.82) is 0 Å². The van der Waals surface area contributed by atoms with E-state index in [0.29, 0.717) is 17.0 Å². The third-order valence-corrected chi connectivity index (χ3v) is 6.17. The van der Waals surface area contributed by atoms with Crippen molar-refractivity contribution < 1.29 is 17.6 Å². The van der Waals surface area contributed by atoms with Crippen LogP contribution in [-0.4, -0.2) is 29.9 Å². The first-order valence-corrected chi connectivity index (χ1v) is 10.7. The molecule has 3 aromatic heterocycles. The number of fused-ring (bicyclic) bond motifs is 2. The summed E-state index contributed by atoms with van der Waals surface area (Å²) < 4.78 is 40.7. The summed E-state index contributed by atoms with van der Waals surface area (Å²) in [7, 11) is -2.51. The highest BCUT2D eigenvalue weighted by molar-refractivity contribution is 7.92. The van der Waals surface area contributed by atoms with Crippen molar-refractivity contribution in [3.05, 3.63) is 77.5 Å². The van der Waals surface area contributed by atoms with E-state index in [9.17, 15) is 13.2 Å². The van der Waals surface area contributed by atoms with Crippen LogP contribution in [0.3, 0.4) is 0 Å². The van der Waals surface area contributed by atoms with Crippen molar-refractivity contribution in [1.82, 2.24) is 14.4 Å². The quantitative estimate of drug-likeness (QED) is 0.437. The molecule has 0 saturated carbocycles. The number of H-pyrrole nitrogens is 1. The van der Waals surface area contributed by atoms with E-state index in [1.165, 1.54) is 25.3 Å². The Hall–Kier alpha value is -4.05. The number of hydrogen-bond acceptors (Lipinski definition) is 6. The van der Waals surface area contributed by atoms with Gasteiger partial charge in [0.25, 0.3) is 10.0 Å². The number of oxazole rings is 1. The predicted octanol–water partition coefficient (Wildman–Crippen LogP) is 3.25. The number of nitrogens with one attached hydrogen (secondary N) is 2. The number of imidazole rings is 1. The van der Waals surface area contributed by atoms with Crippen LogP contribution in [0.5, 0.6) is 5.75 Å². The predicted molar refractivity (Wildman–Crippen MR) is 115 cm³/mol. The molecule has 0 saturated heterocycles. The van der Waals surface area contributed by atoms with Gasteiger partial charge >= 0.3 is 5.76 Å². The number of aromatic amines is 1. The van der Waals surface area contributed by atoms with Gasteiger partial charge in [-0.05, 0) is 48.5 Å². The second kappa shape index (κ2) is 7.03. The van der Waals surface area contributed by atoms with Crippen molar-refractivity contribution in [2.24, 2.45) is 0 Å². The monoisotopic (exact) mass is 436 g/mol. The van der Waals surface area contributed by atoms with Crippen LogP contribution < -0.4 is 15.2 Å². The number of hydrogen-bond donors (Lipinski definition) is 2. The molecule has 0 aliphatic heterocycles. The number of nitrogens with zero attached hydrogens (tertiary/aromatic N) is 2. The Morgan fingerprint density at radius 1 is 1.13 bits per heavy atom. The van der Waals surface area contributed by atoms with Gasteiger partial charge in [0.1, 0.15) is 11.4 Å². The zero-order valence-corrected chi connectivity index (χ0v) is 17.0. The van der Waals surface area contributed by atoms with Crippen LogP contribution in [-0.2, 0) is 10.0 Å². The van der Waals surface area contributed by atoms with Crippen molar-refractivity contribution in [2.45, 2.75) is 4.90 Å². The molecule has 10 heteroatoms. The molecule has 0 radical (unpaired) electrons. The number of rotatable bonds is 5. The molecular weight excluding hydrogens is 420 g/mol. The van der Waals surface area contributed by atoms with E-state index in [0.717, 1.165) is 11.2 Å². The summed E-state index contributed by atoms with van der Waals surface area (Å²) in [6.07, 6.45) is 3.74. The van der Waals surface area contributed by atoms with E-state index in [1.807, 2.05) is 35.0 Å². The molecule has 0 unspecified atom stereocenters. The van der Waals surface area contributed by atoms with E-state index in [1.54, 1.807) is 18.2 Å². The second-order valence-electron chi connectivity index (χ2n) is 6.79. The average molecular weight is 436 g/mol. The third-order valence-electron chi connectivity index (χ3n) is 4.80. The van der Waals surface area contributed by atoms with E-state index in [4.69, 9.17) is 9.15 Å². The van der Waals surface area contributed by atoms with Crippen molar-refractivity contribution >= 4 is 32.5 Å². The first kappa shape index (κ1) is 18.9. The molecule has 2 aromatic carbocycles. The summed E-state index contributed by atoms with van der Waals surface area (Å²) in [4.78, 5) is 18.3. The molecule has 2 N–H and O–H groups in total. The van der Waals surface area contributed by atoms with Gasteiger partial charge in [-0.2, -0.15) is 0 Å². The highest BCUT2D eigenvalue weighted by Crippen LogP contribution is 2.32. The van der Waals surface area contributed by atoms with Crippen molar-refractivity contribution in [2.75, 3.05) is 11.8 Å².